The lowest BCUT2D eigenvalue weighted by Crippen LogP contribution is -2.03. The standard InChI is InChI=1S/C16H25NO3/c1-3-5-7-8-15(17-19)14-12-13(9-10-16(14)18)20-11-6-4-2/h9-10,12,18-19H,3-8,11H2,1-2H3. The zero-order chi connectivity index (χ0) is 14.8. The van der Waals surface area contributed by atoms with Gasteiger partial charge in [0.05, 0.1) is 12.3 Å². The maximum Gasteiger partial charge on any atom is 0.125 e. The van der Waals surface area contributed by atoms with Crippen molar-refractivity contribution < 1.29 is 15.1 Å². The Morgan fingerprint density at radius 3 is 2.55 bits per heavy atom. The summed E-state index contributed by atoms with van der Waals surface area (Å²) in [6, 6.07) is 5.06. The molecule has 0 spiro atoms. The average molecular weight is 279 g/mol. The van der Waals surface area contributed by atoms with Crippen molar-refractivity contribution in [2.45, 2.75) is 52.4 Å². The van der Waals surface area contributed by atoms with Gasteiger partial charge in [0.25, 0.3) is 0 Å². The number of phenolic OH excluding ortho intramolecular Hbond substituents is 1. The first kappa shape index (κ1) is 16.3. The average Bonchev–Trinajstić information content (AvgIpc) is 2.46. The lowest BCUT2D eigenvalue weighted by molar-refractivity contribution is 0.308. The van der Waals surface area contributed by atoms with Crippen LogP contribution in [0.3, 0.4) is 0 Å². The molecule has 4 heteroatoms. The van der Waals surface area contributed by atoms with Crippen molar-refractivity contribution in [2.24, 2.45) is 5.16 Å². The van der Waals surface area contributed by atoms with Gasteiger partial charge in [-0.1, -0.05) is 38.3 Å². The predicted octanol–water partition coefficient (Wildman–Crippen LogP) is 4.33. The molecule has 0 amide bonds. The Balaban J connectivity index is 2.77. The van der Waals surface area contributed by atoms with Crippen LogP contribution < -0.4 is 4.74 Å². The molecular formula is C16H25NO3. The van der Waals surface area contributed by atoms with E-state index >= 15 is 0 Å². The van der Waals surface area contributed by atoms with Gasteiger partial charge < -0.3 is 15.1 Å². The molecule has 20 heavy (non-hydrogen) atoms. The lowest BCUT2D eigenvalue weighted by atomic mass is 10.0. The highest BCUT2D eigenvalue weighted by Crippen LogP contribution is 2.25. The molecule has 0 aliphatic carbocycles. The molecule has 0 unspecified atom stereocenters. The van der Waals surface area contributed by atoms with E-state index < -0.39 is 0 Å². The summed E-state index contributed by atoms with van der Waals surface area (Å²) < 4.78 is 5.61. The number of benzene rings is 1. The third-order valence-electron chi connectivity index (χ3n) is 3.18. The van der Waals surface area contributed by atoms with E-state index in [1.54, 1.807) is 18.2 Å². The van der Waals surface area contributed by atoms with Crippen molar-refractivity contribution in [3.63, 3.8) is 0 Å². The summed E-state index contributed by atoms with van der Waals surface area (Å²) in [5.74, 6) is 0.819. The monoisotopic (exact) mass is 279 g/mol. The minimum absolute atomic E-state index is 0.122. The minimum Gasteiger partial charge on any atom is -0.507 e. The van der Waals surface area contributed by atoms with Gasteiger partial charge >= 0.3 is 0 Å². The normalized spacial score (nSPS) is 11.6. The van der Waals surface area contributed by atoms with Crippen LogP contribution >= 0.6 is 0 Å². The fraction of sp³-hybridized carbons (Fsp3) is 0.562. The molecule has 1 aromatic rings. The van der Waals surface area contributed by atoms with Gasteiger partial charge in [-0.15, -0.1) is 0 Å². The highest BCUT2D eigenvalue weighted by atomic mass is 16.5. The summed E-state index contributed by atoms with van der Waals surface area (Å²) in [7, 11) is 0. The molecule has 1 aromatic carbocycles. The van der Waals surface area contributed by atoms with Gasteiger partial charge in [-0.05, 0) is 37.5 Å². The second-order valence-electron chi connectivity index (χ2n) is 4.88. The Hall–Kier alpha value is -1.71. The second-order valence-corrected chi connectivity index (χ2v) is 4.88. The van der Waals surface area contributed by atoms with Crippen molar-refractivity contribution in [3.8, 4) is 11.5 Å². The summed E-state index contributed by atoms with van der Waals surface area (Å²) in [6.45, 7) is 4.88. The topological polar surface area (TPSA) is 62.1 Å². The molecule has 4 nitrogen and oxygen atoms in total. The zero-order valence-electron chi connectivity index (χ0n) is 12.4. The molecule has 0 aliphatic heterocycles. The lowest BCUT2D eigenvalue weighted by Gasteiger charge is -2.10. The van der Waals surface area contributed by atoms with Crippen molar-refractivity contribution in [1.82, 2.24) is 0 Å². The predicted molar refractivity (Wildman–Crippen MR) is 81.0 cm³/mol. The molecule has 112 valence electrons. The largest absolute Gasteiger partial charge is 0.507 e. The van der Waals surface area contributed by atoms with E-state index in [-0.39, 0.29) is 5.75 Å². The van der Waals surface area contributed by atoms with Crippen LogP contribution in [0.25, 0.3) is 0 Å². The van der Waals surface area contributed by atoms with Crippen LogP contribution in [0, 0.1) is 0 Å². The first-order chi connectivity index (χ1) is 9.72. The van der Waals surface area contributed by atoms with E-state index in [2.05, 4.69) is 19.0 Å². The van der Waals surface area contributed by atoms with Crippen molar-refractivity contribution in [1.29, 1.82) is 0 Å². The summed E-state index contributed by atoms with van der Waals surface area (Å²) in [5, 5.41) is 22.4. The van der Waals surface area contributed by atoms with Crippen molar-refractivity contribution in [2.75, 3.05) is 6.61 Å². The van der Waals surface area contributed by atoms with E-state index in [1.165, 1.54) is 0 Å². The van der Waals surface area contributed by atoms with E-state index in [1.807, 2.05) is 0 Å². The number of rotatable bonds is 9. The van der Waals surface area contributed by atoms with Crippen molar-refractivity contribution in [3.05, 3.63) is 23.8 Å². The molecule has 2 N–H and O–H groups in total. The van der Waals surface area contributed by atoms with Crippen LogP contribution in [0.5, 0.6) is 11.5 Å². The number of oxime groups is 1. The van der Waals surface area contributed by atoms with Crippen LogP contribution in [0.4, 0.5) is 0 Å². The third-order valence-corrected chi connectivity index (χ3v) is 3.18. The van der Waals surface area contributed by atoms with Crippen molar-refractivity contribution >= 4 is 5.71 Å². The van der Waals surface area contributed by atoms with Crippen LogP contribution in [0.2, 0.25) is 0 Å². The minimum atomic E-state index is 0.122. The summed E-state index contributed by atoms with van der Waals surface area (Å²) in [5.41, 5.74) is 1.06. The number of phenols is 1. The molecule has 0 aliphatic rings. The number of unbranched alkanes of at least 4 members (excludes halogenated alkanes) is 3. The molecule has 0 aromatic heterocycles. The first-order valence-corrected chi connectivity index (χ1v) is 7.40. The highest BCUT2D eigenvalue weighted by molar-refractivity contribution is 6.02. The van der Waals surface area contributed by atoms with E-state index in [4.69, 9.17) is 9.94 Å². The summed E-state index contributed by atoms with van der Waals surface area (Å²) >= 11 is 0. The number of hydrogen-bond donors (Lipinski definition) is 2. The Kier molecular flexibility index (Phi) is 7.55. The molecule has 0 bridgehead atoms. The molecule has 0 radical (unpaired) electrons. The maximum absolute atomic E-state index is 9.92. The number of hydrogen-bond acceptors (Lipinski definition) is 4. The fourth-order valence-electron chi connectivity index (χ4n) is 1.95. The van der Waals surface area contributed by atoms with E-state index in [9.17, 15) is 5.11 Å². The van der Waals surface area contributed by atoms with Gasteiger partial charge in [0.2, 0.25) is 0 Å². The molecular weight excluding hydrogens is 254 g/mol. The maximum atomic E-state index is 9.92. The Morgan fingerprint density at radius 1 is 1.15 bits per heavy atom. The van der Waals surface area contributed by atoms with Gasteiger partial charge in [-0.3, -0.25) is 0 Å². The Labute approximate surface area is 121 Å². The van der Waals surface area contributed by atoms with Gasteiger partial charge in [-0.25, -0.2) is 0 Å². The van der Waals surface area contributed by atoms with Gasteiger partial charge in [-0.2, -0.15) is 0 Å². The fourth-order valence-corrected chi connectivity index (χ4v) is 1.95. The summed E-state index contributed by atoms with van der Waals surface area (Å²) in [6.07, 6.45) is 5.84. The second kappa shape index (κ2) is 9.23. The van der Waals surface area contributed by atoms with Gasteiger partial charge in [0.15, 0.2) is 0 Å². The highest BCUT2D eigenvalue weighted by Gasteiger charge is 2.11. The molecule has 1 rings (SSSR count). The number of aromatic hydroxyl groups is 1. The summed E-state index contributed by atoms with van der Waals surface area (Å²) in [4.78, 5) is 0. The van der Waals surface area contributed by atoms with E-state index in [0.29, 0.717) is 30.1 Å². The van der Waals surface area contributed by atoms with Crippen LogP contribution in [-0.4, -0.2) is 22.6 Å². The third kappa shape index (κ3) is 5.11. The van der Waals surface area contributed by atoms with Gasteiger partial charge in [0.1, 0.15) is 11.5 Å². The van der Waals surface area contributed by atoms with Crippen LogP contribution in [0.15, 0.2) is 23.4 Å². The smallest absolute Gasteiger partial charge is 0.125 e. The Bertz CT molecular complexity index is 430. The molecule has 0 heterocycles. The molecule has 0 saturated carbocycles. The van der Waals surface area contributed by atoms with Crippen LogP contribution in [-0.2, 0) is 0 Å². The molecule has 0 atom stereocenters. The first-order valence-electron chi connectivity index (χ1n) is 7.40. The number of ether oxygens (including phenoxy) is 1. The van der Waals surface area contributed by atoms with Crippen LogP contribution in [0.1, 0.15) is 57.9 Å². The Morgan fingerprint density at radius 2 is 1.90 bits per heavy atom. The number of nitrogens with zero attached hydrogens (tertiary/aromatic N) is 1. The quantitative estimate of drug-likeness (QED) is 0.306. The van der Waals surface area contributed by atoms with E-state index in [0.717, 1.165) is 32.1 Å². The molecule has 0 saturated heterocycles. The van der Waals surface area contributed by atoms with Gasteiger partial charge in [0, 0.05) is 5.56 Å². The zero-order valence-corrected chi connectivity index (χ0v) is 12.4. The SMILES string of the molecule is CCCCCC(=NO)c1cc(OCCCC)ccc1O. The molecule has 0 fully saturated rings.